The summed E-state index contributed by atoms with van der Waals surface area (Å²) in [5, 5.41) is 3.77. The molecule has 0 aliphatic rings. The first kappa shape index (κ1) is 20.0. The Labute approximate surface area is 168 Å². The zero-order valence-electron chi connectivity index (χ0n) is 15.9. The lowest BCUT2D eigenvalue weighted by atomic mass is 10.1. The number of esters is 1. The summed E-state index contributed by atoms with van der Waals surface area (Å²) in [5.74, 6) is -0.653. The zero-order valence-corrected chi connectivity index (χ0v) is 16.7. The predicted octanol–water partition coefficient (Wildman–Crippen LogP) is 3.91. The molecular formula is C22H24N2O3S. The third-order valence-electron chi connectivity index (χ3n) is 4.36. The average Bonchev–Trinajstić information content (AvgIpc) is 3.13. The standard InChI is InChI=1S/C22H24N2O3S/c1-16(11-12-17-7-3-2-4-8-17)23-20(25)15-27-22(26)14-13-21-24-18-9-5-6-10-19(18)28-21/h2-10,16H,11-15H2,1H3,(H,23,25). The Hall–Kier alpha value is -2.73. The van der Waals surface area contributed by atoms with Crippen LogP contribution < -0.4 is 5.32 Å². The molecule has 3 aromatic rings. The van der Waals surface area contributed by atoms with Crippen LogP contribution >= 0.6 is 11.3 Å². The molecule has 1 N–H and O–H groups in total. The van der Waals surface area contributed by atoms with Gasteiger partial charge in [0.05, 0.1) is 21.6 Å². The van der Waals surface area contributed by atoms with Gasteiger partial charge in [0.2, 0.25) is 0 Å². The molecule has 5 nitrogen and oxygen atoms in total. The van der Waals surface area contributed by atoms with E-state index in [2.05, 4.69) is 22.4 Å². The van der Waals surface area contributed by atoms with E-state index in [1.165, 1.54) is 5.56 Å². The van der Waals surface area contributed by atoms with Crippen molar-refractivity contribution in [3.05, 3.63) is 65.2 Å². The summed E-state index contributed by atoms with van der Waals surface area (Å²) in [5.41, 5.74) is 2.18. The second kappa shape index (κ2) is 9.99. The van der Waals surface area contributed by atoms with Crippen LogP contribution in [0.2, 0.25) is 0 Å². The summed E-state index contributed by atoms with van der Waals surface area (Å²) < 4.78 is 6.20. The first-order chi connectivity index (χ1) is 13.6. The van der Waals surface area contributed by atoms with Gasteiger partial charge in [-0.2, -0.15) is 0 Å². The summed E-state index contributed by atoms with van der Waals surface area (Å²) in [6.07, 6.45) is 2.47. The Morgan fingerprint density at radius 2 is 1.82 bits per heavy atom. The van der Waals surface area contributed by atoms with Gasteiger partial charge in [-0.05, 0) is 37.5 Å². The first-order valence-electron chi connectivity index (χ1n) is 9.43. The highest BCUT2D eigenvalue weighted by atomic mass is 32.1. The van der Waals surface area contributed by atoms with Gasteiger partial charge in [0.1, 0.15) is 0 Å². The van der Waals surface area contributed by atoms with E-state index in [1.807, 2.05) is 49.4 Å². The monoisotopic (exact) mass is 396 g/mol. The van der Waals surface area contributed by atoms with Gasteiger partial charge in [0, 0.05) is 12.5 Å². The van der Waals surface area contributed by atoms with Gasteiger partial charge >= 0.3 is 5.97 Å². The van der Waals surface area contributed by atoms with Crippen molar-refractivity contribution in [2.75, 3.05) is 6.61 Å². The molecule has 0 spiro atoms. The number of rotatable bonds is 9. The molecule has 1 atom stereocenters. The molecule has 1 heterocycles. The minimum Gasteiger partial charge on any atom is -0.456 e. The number of carbonyl (C=O) groups excluding carboxylic acids is 2. The molecule has 0 bridgehead atoms. The molecule has 0 aliphatic carbocycles. The van der Waals surface area contributed by atoms with Crippen LogP contribution in [0, 0.1) is 0 Å². The lowest BCUT2D eigenvalue weighted by Crippen LogP contribution is -2.36. The number of aromatic nitrogens is 1. The van der Waals surface area contributed by atoms with Gasteiger partial charge in [-0.3, -0.25) is 9.59 Å². The van der Waals surface area contributed by atoms with Crippen LogP contribution in [0.5, 0.6) is 0 Å². The van der Waals surface area contributed by atoms with Gasteiger partial charge in [-0.25, -0.2) is 4.98 Å². The Kier molecular flexibility index (Phi) is 7.14. The van der Waals surface area contributed by atoms with Crippen LogP contribution in [-0.2, 0) is 27.2 Å². The van der Waals surface area contributed by atoms with Crippen molar-refractivity contribution in [3.8, 4) is 0 Å². The molecule has 0 saturated heterocycles. The molecule has 6 heteroatoms. The van der Waals surface area contributed by atoms with Gasteiger partial charge in [0.15, 0.2) is 6.61 Å². The number of aryl methyl sites for hydroxylation is 2. The Morgan fingerprint density at radius 1 is 1.07 bits per heavy atom. The highest BCUT2D eigenvalue weighted by Crippen LogP contribution is 2.22. The number of benzene rings is 2. The summed E-state index contributed by atoms with van der Waals surface area (Å²) in [6.45, 7) is 1.71. The fourth-order valence-corrected chi connectivity index (χ4v) is 3.84. The number of amides is 1. The maximum absolute atomic E-state index is 12.0. The normalized spacial score (nSPS) is 11.9. The van der Waals surface area contributed by atoms with E-state index in [4.69, 9.17) is 4.74 Å². The number of fused-ring (bicyclic) bond motifs is 1. The van der Waals surface area contributed by atoms with E-state index in [0.717, 1.165) is 28.1 Å². The van der Waals surface area contributed by atoms with Gasteiger partial charge < -0.3 is 10.1 Å². The number of nitrogens with zero attached hydrogens (tertiary/aromatic N) is 1. The first-order valence-corrected chi connectivity index (χ1v) is 10.2. The predicted molar refractivity (Wildman–Crippen MR) is 111 cm³/mol. The number of hydrogen-bond donors (Lipinski definition) is 1. The van der Waals surface area contributed by atoms with Crippen molar-refractivity contribution < 1.29 is 14.3 Å². The third-order valence-corrected chi connectivity index (χ3v) is 5.46. The van der Waals surface area contributed by atoms with Crippen molar-refractivity contribution in [2.24, 2.45) is 0 Å². The molecule has 0 saturated carbocycles. The number of para-hydroxylation sites is 1. The molecule has 28 heavy (non-hydrogen) atoms. The van der Waals surface area contributed by atoms with Gasteiger partial charge in [-0.15, -0.1) is 11.3 Å². The molecule has 146 valence electrons. The number of nitrogens with one attached hydrogen (secondary N) is 1. The molecule has 0 aliphatic heterocycles. The third kappa shape index (κ3) is 6.16. The second-order valence-electron chi connectivity index (χ2n) is 6.73. The minimum atomic E-state index is -0.383. The molecule has 0 fully saturated rings. The van der Waals surface area contributed by atoms with Crippen molar-refractivity contribution in [1.82, 2.24) is 10.3 Å². The largest absolute Gasteiger partial charge is 0.456 e. The molecule has 0 radical (unpaired) electrons. The molecular weight excluding hydrogens is 372 g/mol. The van der Waals surface area contributed by atoms with E-state index in [-0.39, 0.29) is 30.9 Å². The van der Waals surface area contributed by atoms with E-state index < -0.39 is 0 Å². The van der Waals surface area contributed by atoms with Crippen molar-refractivity contribution >= 4 is 33.4 Å². The number of hydrogen-bond acceptors (Lipinski definition) is 5. The van der Waals surface area contributed by atoms with Crippen LogP contribution in [0.1, 0.15) is 30.3 Å². The smallest absolute Gasteiger partial charge is 0.306 e. The second-order valence-corrected chi connectivity index (χ2v) is 7.84. The lowest BCUT2D eigenvalue weighted by molar-refractivity contribution is -0.148. The molecule has 2 aromatic carbocycles. The van der Waals surface area contributed by atoms with E-state index in [0.29, 0.717) is 6.42 Å². The molecule has 1 unspecified atom stereocenters. The summed E-state index contributed by atoms with van der Waals surface area (Å²) in [4.78, 5) is 28.4. The summed E-state index contributed by atoms with van der Waals surface area (Å²) >= 11 is 1.58. The fourth-order valence-electron chi connectivity index (χ4n) is 2.87. The zero-order chi connectivity index (χ0) is 19.8. The number of thiazole rings is 1. The Balaban J connectivity index is 1.33. The SMILES string of the molecule is CC(CCc1ccccc1)NC(=O)COC(=O)CCc1nc2ccccc2s1. The maximum atomic E-state index is 12.0. The van der Waals surface area contributed by atoms with Crippen LogP contribution in [0.25, 0.3) is 10.2 Å². The average molecular weight is 397 g/mol. The molecule has 1 amide bonds. The van der Waals surface area contributed by atoms with Crippen molar-refractivity contribution in [3.63, 3.8) is 0 Å². The highest BCUT2D eigenvalue weighted by molar-refractivity contribution is 7.18. The summed E-state index contributed by atoms with van der Waals surface area (Å²) in [6, 6.07) is 18.0. The number of ether oxygens (including phenoxy) is 1. The molecule has 1 aromatic heterocycles. The van der Waals surface area contributed by atoms with Crippen molar-refractivity contribution in [2.45, 2.75) is 38.6 Å². The highest BCUT2D eigenvalue weighted by Gasteiger charge is 2.12. The summed E-state index contributed by atoms with van der Waals surface area (Å²) in [7, 11) is 0. The quantitative estimate of drug-likeness (QED) is 0.557. The Morgan fingerprint density at radius 3 is 2.61 bits per heavy atom. The Bertz CT molecular complexity index is 891. The minimum absolute atomic E-state index is 0.0224. The fraction of sp³-hybridized carbons (Fsp3) is 0.318. The topological polar surface area (TPSA) is 68.3 Å². The van der Waals surface area contributed by atoms with Crippen LogP contribution in [-0.4, -0.2) is 29.5 Å². The van der Waals surface area contributed by atoms with Crippen LogP contribution in [0.15, 0.2) is 54.6 Å². The van der Waals surface area contributed by atoms with E-state index in [9.17, 15) is 9.59 Å². The van der Waals surface area contributed by atoms with Gasteiger partial charge in [-0.1, -0.05) is 42.5 Å². The van der Waals surface area contributed by atoms with E-state index >= 15 is 0 Å². The van der Waals surface area contributed by atoms with Crippen LogP contribution in [0.3, 0.4) is 0 Å². The number of carbonyl (C=O) groups is 2. The molecule has 3 rings (SSSR count). The lowest BCUT2D eigenvalue weighted by Gasteiger charge is -2.14. The van der Waals surface area contributed by atoms with Crippen molar-refractivity contribution in [1.29, 1.82) is 0 Å². The van der Waals surface area contributed by atoms with E-state index in [1.54, 1.807) is 11.3 Å². The maximum Gasteiger partial charge on any atom is 0.306 e. The van der Waals surface area contributed by atoms with Gasteiger partial charge in [0.25, 0.3) is 5.91 Å². The van der Waals surface area contributed by atoms with Crippen LogP contribution in [0.4, 0.5) is 0 Å².